The fourth-order valence-electron chi connectivity index (χ4n) is 2.74. The van der Waals surface area contributed by atoms with Crippen molar-refractivity contribution in [3.63, 3.8) is 0 Å². The summed E-state index contributed by atoms with van der Waals surface area (Å²) in [6.07, 6.45) is 2.94. The van der Waals surface area contributed by atoms with Crippen LogP contribution < -0.4 is 5.32 Å². The summed E-state index contributed by atoms with van der Waals surface area (Å²) in [4.78, 5) is 14.2. The molecule has 98 valence electrons. The molecule has 0 radical (unpaired) electrons. The van der Waals surface area contributed by atoms with Crippen LogP contribution in [-0.2, 0) is 9.53 Å². The lowest BCUT2D eigenvalue weighted by atomic mass is 9.98. The van der Waals surface area contributed by atoms with Gasteiger partial charge < -0.3 is 15.0 Å². The molecule has 0 spiro atoms. The van der Waals surface area contributed by atoms with Crippen molar-refractivity contribution < 1.29 is 9.53 Å². The van der Waals surface area contributed by atoms with Crippen molar-refractivity contribution in [2.45, 2.75) is 38.6 Å². The van der Waals surface area contributed by atoms with Gasteiger partial charge >= 0.3 is 0 Å². The Labute approximate surface area is 104 Å². The molecule has 1 N–H and O–H groups in total. The van der Waals surface area contributed by atoms with Crippen molar-refractivity contribution in [2.24, 2.45) is 5.92 Å². The van der Waals surface area contributed by atoms with Crippen LogP contribution in [0.15, 0.2) is 0 Å². The van der Waals surface area contributed by atoms with E-state index in [9.17, 15) is 4.79 Å². The van der Waals surface area contributed by atoms with Crippen LogP contribution in [0.2, 0.25) is 0 Å². The van der Waals surface area contributed by atoms with Gasteiger partial charge in [0.2, 0.25) is 5.91 Å². The summed E-state index contributed by atoms with van der Waals surface area (Å²) < 4.78 is 5.44. The van der Waals surface area contributed by atoms with E-state index in [1.807, 2.05) is 4.90 Å². The SMILES string of the molecule is CC1(C)COCCN1C(=O)CCC1CCNC1. The summed E-state index contributed by atoms with van der Waals surface area (Å²) in [5.74, 6) is 0.994. The van der Waals surface area contributed by atoms with Gasteiger partial charge in [-0.15, -0.1) is 0 Å². The number of hydrogen-bond donors (Lipinski definition) is 1. The minimum atomic E-state index is -0.136. The number of nitrogens with one attached hydrogen (secondary N) is 1. The number of hydrogen-bond acceptors (Lipinski definition) is 3. The molecule has 4 heteroatoms. The van der Waals surface area contributed by atoms with Gasteiger partial charge in [-0.1, -0.05) is 0 Å². The second-order valence-corrected chi connectivity index (χ2v) is 5.81. The molecular weight excluding hydrogens is 216 g/mol. The van der Waals surface area contributed by atoms with E-state index in [1.54, 1.807) is 0 Å². The summed E-state index contributed by atoms with van der Waals surface area (Å²) in [6, 6.07) is 0. The normalized spacial score (nSPS) is 28.4. The predicted octanol–water partition coefficient (Wildman–Crippen LogP) is 1.01. The smallest absolute Gasteiger partial charge is 0.223 e. The second kappa shape index (κ2) is 5.36. The van der Waals surface area contributed by atoms with E-state index >= 15 is 0 Å². The molecule has 1 amide bonds. The van der Waals surface area contributed by atoms with Crippen molar-refractivity contribution in [1.29, 1.82) is 0 Å². The van der Waals surface area contributed by atoms with Gasteiger partial charge in [-0.05, 0) is 45.7 Å². The van der Waals surface area contributed by atoms with Crippen LogP contribution in [0, 0.1) is 5.92 Å². The third-order valence-electron chi connectivity index (χ3n) is 3.88. The molecule has 4 nitrogen and oxygen atoms in total. The van der Waals surface area contributed by atoms with Crippen LogP contribution in [-0.4, -0.2) is 49.2 Å². The maximum atomic E-state index is 12.2. The molecule has 0 aromatic rings. The van der Waals surface area contributed by atoms with Crippen molar-refractivity contribution in [3.8, 4) is 0 Å². The fraction of sp³-hybridized carbons (Fsp3) is 0.923. The topological polar surface area (TPSA) is 41.6 Å². The van der Waals surface area contributed by atoms with E-state index in [2.05, 4.69) is 19.2 Å². The molecule has 2 rings (SSSR count). The molecule has 2 saturated heterocycles. The molecule has 0 saturated carbocycles. The Morgan fingerprint density at radius 1 is 1.53 bits per heavy atom. The number of amides is 1. The highest BCUT2D eigenvalue weighted by molar-refractivity contribution is 5.77. The van der Waals surface area contributed by atoms with Crippen LogP contribution in [0.3, 0.4) is 0 Å². The largest absolute Gasteiger partial charge is 0.377 e. The summed E-state index contributed by atoms with van der Waals surface area (Å²) in [6.45, 7) is 8.45. The van der Waals surface area contributed by atoms with Gasteiger partial charge in [0.25, 0.3) is 0 Å². The van der Waals surface area contributed by atoms with Crippen LogP contribution in [0.1, 0.15) is 33.1 Å². The Kier molecular flexibility index (Phi) is 4.05. The first kappa shape index (κ1) is 12.8. The molecule has 2 aliphatic rings. The zero-order valence-corrected chi connectivity index (χ0v) is 11.0. The summed E-state index contributed by atoms with van der Waals surface area (Å²) in [5.41, 5.74) is -0.136. The molecule has 2 heterocycles. The Morgan fingerprint density at radius 2 is 2.35 bits per heavy atom. The van der Waals surface area contributed by atoms with Crippen molar-refractivity contribution in [2.75, 3.05) is 32.8 Å². The van der Waals surface area contributed by atoms with Crippen LogP contribution in [0.5, 0.6) is 0 Å². The third kappa shape index (κ3) is 3.19. The molecule has 0 bridgehead atoms. The molecule has 0 aliphatic carbocycles. The standard InChI is InChI=1S/C13H24N2O2/c1-13(2)10-17-8-7-15(13)12(16)4-3-11-5-6-14-9-11/h11,14H,3-10H2,1-2H3. The highest BCUT2D eigenvalue weighted by atomic mass is 16.5. The number of nitrogens with zero attached hydrogens (tertiary/aromatic N) is 1. The first-order valence-corrected chi connectivity index (χ1v) is 6.68. The third-order valence-corrected chi connectivity index (χ3v) is 3.88. The van der Waals surface area contributed by atoms with E-state index in [4.69, 9.17) is 4.74 Å². The quantitative estimate of drug-likeness (QED) is 0.800. The number of carbonyl (C=O) groups is 1. The van der Waals surface area contributed by atoms with E-state index in [-0.39, 0.29) is 5.54 Å². The highest BCUT2D eigenvalue weighted by Gasteiger charge is 2.33. The monoisotopic (exact) mass is 240 g/mol. The van der Waals surface area contributed by atoms with Crippen molar-refractivity contribution in [1.82, 2.24) is 10.2 Å². The number of carbonyl (C=O) groups excluding carboxylic acids is 1. The summed E-state index contributed by atoms with van der Waals surface area (Å²) in [7, 11) is 0. The van der Waals surface area contributed by atoms with Crippen molar-refractivity contribution >= 4 is 5.91 Å². The number of ether oxygens (including phenoxy) is 1. The van der Waals surface area contributed by atoms with Crippen LogP contribution >= 0.6 is 0 Å². The van der Waals surface area contributed by atoms with E-state index in [0.29, 0.717) is 31.5 Å². The van der Waals surface area contributed by atoms with E-state index < -0.39 is 0 Å². The second-order valence-electron chi connectivity index (χ2n) is 5.81. The average molecular weight is 240 g/mol. The molecule has 1 unspecified atom stereocenters. The maximum absolute atomic E-state index is 12.2. The van der Waals surface area contributed by atoms with Gasteiger partial charge in [-0.2, -0.15) is 0 Å². The summed E-state index contributed by atoms with van der Waals surface area (Å²) >= 11 is 0. The molecule has 0 aromatic heterocycles. The van der Waals surface area contributed by atoms with Crippen molar-refractivity contribution in [3.05, 3.63) is 0 Å². The predicted molar refractivity (Wildman–Crippen MR) is 66.8 cm³/mol. The van der Waals surface area contributed by atoms with E-state index in [1.165, 1.54) is 6.42 Å². The molecule has 0 aromatic carbocycles. The Hall–Kier alpha value is -0.610. The van der Waals surface area contributed by atoms with Gasteiger partial charge in [0, 0.05) is 13.0 Å². The van der Waals surface area contributed by atoms with Gasteiger partial charge in [0.1, 0.15) is 0 Å². The molecule has 1 atom stereocenters. The van der Waals surface area contributed by atoms with E-state index in [0.717, 1.165) is 26.1 Å². The zero-order valence-electron chi connectivity index (χ0n) is 11.0. The highest BCUT2D eigenvalue weighted by Crippen LogP contribution is 2.22. The van der Waals surface area contributed by atoms with Gasteiger partial charge in [-0.3, -0.25) is 4.79 Å². The maximum Gasteiger partial charge on any atom is 0.223 e. The van der Waals surface area contributed by atoms with Crippen LogP contribution in [0.4, 0.5) is 0 Å². The first-order valence-electron chi connectivity index (χ1n) is 6.68. The molecule has 2 aliphatic heterocycles. The summed E-state index contributed by atoms with van der Waals surface area (Å²) in [5, 5.41) is 3.35. The average Bonchev–Trinajstić information content (AvgIpc) is 2.78. The van der Waals surface area contributed by atoms with Gasteiger partial charge in [0.05, 0.1) is 18.8 Å². The Balaban J connectivity index is 1.81. The molecule has 17 heavy (non-hydrogen) atoms. The molecule has 2 fully saturated rings. The van der Waals surface area contributed by atoms with Gasteiger partial charge in [-0.25, -0.2) is 0 Å². The Bertz CT molecular complexity index is 273. The minimum Gasteiger partial charge on any atom is -0.377 e. The zero-order chi connectivity index (χ0) is 12.3. The lowest BCUT2D eigenvalue weighted by molar-refractivity contribution is -0.146. The number of rotatable bonds is 3. The van der Waals surface area contributed by atoms with Gasteiger partial charge in [0.15, 0.2) is 0 Å². The number of morpholine rings is 1. The first-order chi connectivity index (χ1) is 8.09. The minimum absolute atomic E-state index is 0.136. The fourth-order valence-corrected chi connectivity index (χ4v) is 2.74. The van der Waals surface area contributed by atoms with Crippen LogP contribution in [0.25, 0.3) is 0 Å². The lowest BCUT2D eigenvalue weighted by Gasteiger charge is -2.42. The molecular formula is C13H24N2O2. The lowest BCUT2D eigenvalue weighted by Crippen LogP contribution is -2.55. The Morgan fingerprint density at radius 3 is 3.00 bits per heavy atom.